The largest absolute Gasteiger partial charge is 0.497 e. The Morgan fingerprint density at radius 3 is 2.76 bits per heavy atom. The van der Waals surface area contributed by atoms with Crippen molar-refractivity contribution in [3.05, 3.63) is 30.0 Å². The van der Waals surface area contributed by atoms with Crippen LogP contribution in [0.5, 0.6) is 5.75 Å². The smallest absolute Gasteiger partial charge is 0.120 e. The van der Waals surface area contributed by atoms with Gasteiger partial charge in [0.05, 0.1) is 7.11 Å². The zero-order chi connectivity index (χ0) is 11.9. The molecule has 1 aliphatic rings. The van der Waals surface area contributed by atoms with Crippen LogP contribution in [0.3, 0.4) is 0 Å². The third kappa shape index (κ3) is 1.53. The minimum absolute atomic E-state index is 0.201. The molecule has 0 saturated heterocycles. The molecule has 0 atom stereocenters. The van der Waals surface area contributed by atoms with Crippen LogP contribution in [0.4, 0.5) is 0 Å². The third-order valence-electron chi connectivity index (χ3n) is 4.10. The van der Waals surface area contributed by atoms with Gasteiger partial charge in [0.25, 0.3) is 0 Å². The number of aromatic amines is 1. The van der Waals surface area contributed by atoms with Crippen LogP contribution in [0, 0.1) is 0 Å². The Kier molecular flexibility index (Phi) is 2.37. The molecule has 1 aromatic carbocycles. The lowest BCUT2D eigenvalue weighted by Gasteiger charge is -2.40. The van der Waals surface area contributed by atoms with Gasteiger partial charge in [-0.3, -0.25) is 0 Å². The van der Waals surface area contributed by atoms with Crippen LogP contribution in [0.2, 0.25) is 0 Å². The summed E-state index contributed by atoms with van der Waals surface area (Å²) in [6, 6.07) is 8.37. The molecular formula is C14H18N2O. The number of rotatable bonds is 3. The normalized spacial score (nSPS) is 18.0. The van der Waals surface area contributed by atoms with E-state index < -0.39 is 0 Å². The second-order valence-electron chi connectivity index (χ2n) is 4.97. The van der Waals surface area contributed by atoms with Crippen molar-refractivity contribution in [3.63, 3.8) is 0 Å². The highest BCUT2D eigenvalue weighted by Crippen LogP contribution is 2.43. The summed E-state index contributed by atoms with van der Waals surface area (Å²) >= 11 is 0. The number of methoxy groups -OCH3 is 1. The number of hydrogen-bond donors (Lipinski definition) is 2. The van der Waals surface area contributed by atoms with Crippen LogP contribution in [0.15, 0.2) is 24.3 Å². The van der Waals surface area contributed by atoms with Gasteiger partial charge in [0.15, 0.2) is 0 Å². The van der Waals surface area contributed by atoms with E-state index in [1.807, 2.05) is 12.1 Å². The Balaban J connectivity index is 2.07. The van der Waals surface area contributed by atoms with Crippen molar-refractivity contribution in [3.8, 4) is 5.75 Å². The van der Waals surface area contributed by atoms with Gasteiger partial charge in [-0.2, -0.15) is 0 Å². The molecule has 17 heavy (non-hydrogen) atoms. The first-order valence-electron chi connectivity index (χ1n) is 6.15. The summed E-state index contributed by atoms with van der Waals surface area (Å²) < 4.78 is 5.24. The summed E-state index contributed by atoms with van der Waals surface area (Å²) in [6.45, 7) is 0.733. The lowest BCUT2D eigenvalue weighted by molar-refractivity contribution is 0.247. The molecule has 0 radical (unpaired) electrons. The molecule has 3 nitrogen and oxygen atoms in total. The highest BCUT2D eigenvalue weighted by molar-refractivity contribution is 5.82. The number of aromatic nitrogens is 1. The SMILES string of the molecule is COc1ccc2cc(C3(CN)CCC3)[nH]c2c1. The number of ether oxygens (including phenoxy) is 1. The van der Waals surface area contributed by atoms with Gasteiger partial charge in [-0.1, -0.05) is 6.42 Å². The molecule has 1 fully saturated rings. The van der Waals surface area contributed by atoms with E-state index in [1.165, 1.54) is 30.3 Å². The van der Waals surface area contributed by atoms with Crippen LogP contribution in [0.25, 0.3) is 10.9 Å². The fourth-order valence-corrected chi connectivity index (χ4v) is 2.71. The highest BCUT2D eigenvalue weighted by atomic mass is 16.5. The van der Waals surface area contributed by atoms with Crippen molar-refractivity contribution in [2.24, 2.45) is 5.73 Å². The highest BCUT2D eigenvalue weighted by Gasteiger charge is 2.38. The van der Waals surface area contributed by atoms with E-state index in [4.69, 9.17) is 10.5 Å². The molecular weight excluding hydrogens is 212 g/mol. The minimum atomic E-state index is 0.201. The zero-order valence-corrected chi connectivity index (χ0v) is 10.1. The summed E-state index contributed by atoms with van der Waals surface area (Å²) in [5.74, 6) is 0.890. The molecule has 1 aromatic heterocycles. The summed E-state index contributed by atoms with van der Waals surface area (Å²) in [7, 11) is 1.69. The van der Waals surface area contributed by atoms with Gasteiger partial charge in [0, 0.05) is 29.2 Å². The van der Waals surface area contributed by atoms with Crippen molar-refractivity contribution < 1.29 is 4.74 Å². The fourth-order valence-electron chi connectivity index (χ4n) is 2.71. The average Bonchev–Trinajstić information content (AvgIpc) is 2.70. The quantitative estimate of drug-likeness (QED) is 0.851. The molecule has 0 amide bonds. The minimum Gasteiger partial charge on any atom is -0.497 e. The predicted octanol–water partition coefficient (Wildman–Crippen LogP) is 2.56. The van der Waals surface area contributed by atoms with Gasteiger partial charge >= 0.3 is 0 Å². The molecule has 90 valence electrons. The van der Waals surface area contributed by atoms with E-state index in [0.717, 1.165) is 17.8 Å². The summed E-state index contributed by atoms with van der Waals surface area (Å²) in [6.07, 6.45) is 3.69. The van der Waals surface area contributed by atoms with Crippen LogP contribution >= 0.6 is 0 Å². The molecule has 3 rings (SSSR count). The summed E-state index contributed by atoms with van der Waals surface area (Å²) in [5.41, 5.74) is 8.56. The third-order valence-corrected chi connectivity index (χ3v) is 4.10. The number of H-pyrrole nitrogens is 1. The molecule has 0 unspecified atom stereocenters. The number of nitrogens with one attached hydrogen (secondary N) is 1. The first-order valence-corrected chi connectivity index (χ1v) is 6.15. The van der Waals surface area contributed by atoms with Crippen LogP contribution < -0.4 is 10.5 Å². The maximum absolute atomic E-state index is 5.93. The monoisotopic (exact) mass is 230 g/mol. The second kappa shape index (κ2) is 3.77. The predicted molar refractivity (Wildman–Crippen MR) is 69.4 cm³/mol. The number of hydrogen-bond acceptors (Lipinski definition) is 2. The second-order valence-corrected chi connectivity index (χ2v) is 4.97. The molecule has 0 spiro atoms. The Labute approximate surface area is 101 Å². The Morgan fingerprint density at radius 1 is 1.35 bits per heavy atom. The first-order chi connectivity index (χ1) is 8.27. The summed E-state index contributed by atoms with van der Waals surface area (Å²) in [5, 5.41) is 1.24. The standard InChI is InChI=1S/C14H18N2O/c1-17-11-4-3-10-7-13(16-12(10)8-11)14(9-15)5-2-6-14/h3-4,7-8,16H,2,5-6,9,15H2,1H3. The van der Waals surface area contributed by atoms with E-state index in [0.29, 0.717) is 0 Å². The van der Waals surface area contributed by atoms with E-state index >= 15 is 0 Å². The van der Waals surface area contributed by atoms with E-state index in [9.17, 15) is 0 Å². The van der Waals surface area contributed by atoms with E-state index in [-0.39, 0.29) is 5.41 Å². The maximum atomic E-state index is 5.93. The Bertz CT molecular complexity index is 535. The lowest BCUT2D eigenvalue weighted by atomic mass is 9.67. The molecule has 0 bridgehead atoms. The van der Waals surface area contributed by atoms with Gasteiger partial charge in [0.2, 0.25) is 0 Å². The van der Waals surface area contributed by atoms with Gasteiger partial charge < -0.3 is 15.5 Å². The van der Waals surface area contributed by atoms with Gasteiger partial charge in [0.1, 0.15) is 5.75 Å². The molecule has 3 heteroatoms. The number of fused-ring (bicyclic) bond motifs is 1. The van der Waals surface area contributed by atoms with Crippen LogP contribution in [0.1, 0.15) is 25.0 Å². The van der Waals surface area contributed by atoms with Crippen molar-refractivity contribution in [2.45, 2.75) is 24.7 Å². The lowest BCUT2D eigenvalue weighted by Crippen LogP contribution is -2.41. The molecule has 1 heterocycles. The Hall–Kier alpha value is -1.48. The number of nitrogens with two attached hydrogens (primary N) is 1. The average molecular weight is 230 g/mol. The van der Waals surface area contributed by atoms with Crippen LogP contribution in [-0.4, -0.2) is 18.6 Å². The Morgan fingerprint density at radius 2 is 2.18 bits per heavy atom. The molecule has 3 N–H and O–H groups in total. The van der Waals surface area contributed by atoms with Crippen molar-refractivity contribution in [1.82, 2.24) is 4.98 Å². The summed E-state index contributed by atoms with van der Waals surface area (Å²) in [4.78, 5) is 3.50. The van der Waals surface area contributed by atoms with E-state index in [1.54, 1.807) is 7.11 Å². The topological polar surface area (TPSA) is 51.0 Å². The fraction of sp³-hybridized carbons (Fsp3) is 0.429. The van der Waals surface area contributed by atoms with Crippen molar-refractivity contribution >= 4 is 10.9 Å². The molecule has 1 aliphatic carbocycles. The maximum Gasteiger partial charge on any atom is 0.120 e. The zero-order valence-electron chi connectivity index (χ0n) is 10.1. The van der Waals surface area contributed by atoms with E-state index in [2.05, 4.69) is 17.1 Å². The van der Waals surface area contributed by atoms with Gasteiger partial charge in [-0.15, -0.1) is 0 Å². The first kappa shape index (κ1) is 10.7. The van der Waals surface area contributed by atoms with Crippen molar-refractivity contribution in [2.75, 3.05) is 13.7 Å². The van der Waals surface area contributed by atoms with Crippen molar-refractivity contribution in [1.29, 1.82) is 0 Å². The van der Waals surface area contributed by atoms with Crippen LogP contribution in [-0.2, 0) is 5.41 Å². The van der Waals surface area contributed by atoms with Gasteiger partial charge in [-0.05, 0) is 36.4 Å². The molecule has 0 aliphatic heterocycles. The van der Waals surface area contributed by atoms with Gasteiger partial charge in [-0.25, -0.2) is 0 Å². The molecule has 2 aromatic rings. The number of benzene rings is 1. The molecule has 1 saturated carbocycles.